The molecule has 0 fully saturated rings. The zero-order chi connectivity index (χ0) is 14.4. The molecule has 2 aromatic rings. The summed E-state index contributed by atoms with van der Waals surface area (Å²) in [5, 5.41) is 0. The highest BCUT2D eigenvalue weighted by molar-refractivity contribution is 14.1. The van der Waals surface area contributed by atoms with Gasteiger partial charge >= 0.3 is 0 Å². The number of hydrogen-bond acceptors (Lipinski definition) is 3. The predicted molar refractivity (Wildman–Crippen MR) is 88.7 cm³/mol. The summed E-state index contributed by atoms with van der Waals surface area (Å²) in [6, 6.07) is 11.7. The number of hydrogen-bond donors (Lipinski definition) is 0. The fraction of sp³-hybridized carbons (Fsp3) is 0.250. The highest BCUT2D eigenvalue weighted by atomic mass is 127. The molecule has 1 aromatic heterocycles. The maximum atomic E-state index is 12.3. The number of pyridine rings is 1. The number of carbonyl (C=O) groups is 1. The Hall–Kier alpha value is -1.27. The van der Waals surface area contributed by atoms with E-state index in [-0.39, 0.29) is 5.78 Å². The van der Waals surface area contributed by atoms with Crippen LogP contribution in [0.2, 0.25) is 0 Å². The molecule has 0 unspecified atom stereocenters. The summed E-state index contributed by atoms with van der Waals surface area (Å²) in [6.45, 7) is 4.13. The molecule has 0 aliphatic carbocycles. The van der Waals surface area contributed by atoms with Crippen LogP contribution in [0, 0.1) is 3.57 Å². The molecule has 0 saturated heterocycles. The van der Waals surface area contributed by atoms with Crippen LogP contribution >= 0.6 is 22.6 Å². The van der Waals surface area contributed by atoms with Crippen LogP contribution in [0.1, 0.15) is 22.8 Å². The van der Waals surface area contributed by atoms with E-state index >= 15 is 0 Å². The maximum absolute atomic E-state index is 12.3. The van der Waals surface area contributed by atoms with Crippen LogP contribution < -0.4 is 0 Å². The number of nitrogens with zero attached hydrogens (tertiary/aromatic N) is 2. The molecule has 0 aliphatic heterocycles. The van der Waals surface area contributed by atoms with Crippen molar-refractivity contribution >= 4 is 28.4 Å². The molecular formula is C16H17IN2O. The van der Waals surface area contributed by atoms with E-state index in [0.717, 1.165) is 22.2 Å². The normalized spacial score (nSPS) is 10.8. The Bertz CT molecular complexity index is 554. The van der Waals surface area contributed by atoms with E-state index in [1.165, 1.54) is 5.56 Å². The van der Waals surface area contributed by atoms with Crippen molar-refractivity contribution in [3.63, 3.8) is 0 Å². The van der Waals surface area contributed by atoms with E-state index in [4.69, 9.17) is 0 Å². The van der Waals surface area contributed by atoms with Crippen molar-refractivity contribution in [2.75, 3.05) is 13.1 Å². The van der Waals surface area contributed by atoms with Gasteiger partial charge in [0.15, 0.2) is 5.78 Å². The molecule has 0 amide bonds. The summed E-state index contributed by atoms with van der Waals surface area (Å²) in [7, 11) is 0. The van der Waals surface area contributed by atoms with E-state index in [0.29, 0.717) is 6.54 Å². The van der Waals surface area contributed by atoms with Crippen LogP contribution in [0.5, 0.6) is 0 Å². The Morgan fingerprint density at radius 2 is 1.80 bits per heavy atom. The van der Waals surface area contributed by atoms with Gasteiger partial charge in [-0.3, -0.25) is 14.7 Å². The smallest absolute Gasteiger partial charge is 0.176 e. The molecule has 4 heteroatoms. The molecule has 2 rings (SSSR count). The molecule has 104 valence electrons. The quantitative estimate of drug-likeness (QED) is 0.569. The van der Waals surface area contributed by atoms with Crippen molar-refractivity contribution in [3.8, 4) is 0 Å². The van der Waals surface area contributed by atoms with Crippen LogP contribution in [0.15, 0.2) is 48.8 Å². The number of Topliss-reactive ketones (excluding diaryl/α,β-unsaturated/α-hetero) is 1. The fourth-order valence-corrected chi connectivity index (χ4v) is 2.32. The lowest BCUT2D eigenvalue weighted by Gasteiger charge is -2.19. The minimum absolute atomic E-state index is 0.164. The van der Waals surface area contributed by atoms with E-state index in [2.05, 4.69) is 39.4 Å². The van der Waals surface area contributed by atoms with E-state index in [9.17, 15) is 4.79 Å². The molecule has 0 N–H and O–H groups in total. The lowest BCUT2D eigenvalue weighted by atomic mass is 10.1. The molecule has 0 atom stereocenters. The van der Waals surface area contributed by atoms with Crippen LogP contribution in [0.4, 0.5) is 0 Å². The molecule has 0 radical (unpaired) electrons. The summed E-state index contributed by atoms with van der Waals surface area (Å²) in [6.07, 6.45) is 3.56. The number of ketones is 1. The number of carbonyl (C=O) groups excluding carboxylic acids is 1. The zero-order valence-corrected chi connectivity index (χ0v) is 13.6. The standard InChI is InChI=1S/C16H17IN2O/c1-2-19(11-13-7-9-18-10-8-13)12-16(20)14-3-5-15(17)6-4-14/h3-10H,2,11-12H2,1H3. The molecule has 0 saturated carbocycles. The van der Waals surface area contributed by atoms with Gasteiger partial charge in [0.1, 0.15) is 0 Å². The Morgan fingerprint density at radius 3 is 2.40 bits per heavy atom. The Kier molecular flexibility index (Phi) is 5.67. The second kappa shape index (κ2) is 7.50. The van der Waals surface area contributed by atoms with Gasteiger partial charge in [-0.2, -0.15) is 0 Å². The average molecular weight is 380 g/mol. The van der Waals surface area contributed by atoms with Gasteiger partial charge in [0, 0.05) is 28.1 Å². The van der Waals surface area contributed by atoms with Crippen molar-refractivity contribution in [3.05, 3.63) is 63.5 Å². The zero-order valence-electron chi connectivity index (χ0n) is 11.4. The number of halogens is 1. The summed E-state index contributed by atoms with van der Waals surface area (Å²) in [5.74, 6) is 0.164. The largest absolute Gasteiger partial charge is 0.293 e. The van der Waals surface area contributed by atoms with E-state index < -0.39 is 0 Å². The number of aromatic nitrogens is 1. The van der Waals surface area contributed by atoms with Crippen molar-refractivity contribution in [1.29, 1.82) is 0 Å². The number of benzene rings is 1. The van der Waals surface area contributed by atoms with E-state index in [1.807, 2.05) is 36.4 Å². The fourth-order valence-electron chi connectivity index (χ4n) is 1.96. The van der Waals surface area contributed by atoms with Crippen LogP contribution in [0.25, 0.3) is 0 Å². The molecular weight excluding hydrogens is 363 g/mol. The van der Waals surface area contributed by atoms with E-state index in [1.54, 1.807) is 12.4 Å². The number of rotatable bonds is 6. The van der Waals surface area contributed by atoms with Crippen molar-refractivity contribution in [1.82, 2.24) is 9.88 Å². The monoisotopic (exact) mass is 380 g/mol. The lowest BCUT2D eigenvalue weighted by Crippen LogP contribution is -2.29. The van der Waals surface area contributed by atoms with Gasteiger partial charge in [0.2, 0.25) is 0 Å². The van der Waals surface area contributed by atoms with Gasteiger partial charge in [-0.05, 0) is 59.0 Å². The minimum atomic E-state index is 0.164. The van der Waals surface area contributed by atoms with Gasteiger partial charge in [-0.15, -0.1) is 0 Å². The first-order valence-corrected chi connectivity index (χ1v) is 7.67. The van der Waals surface area contributed by atoms with Gasteiger partial charge in [-0.1, -0.05) is 19.1 Å². The summed E-state index contributed by atoms with van der Waals surface area (Å²) >= 11 is 2.24. The highest BCUT2D eigenvalue weighted by Crippen LogP contribution is 2.09. The predicted octanol–water partition coefficient (Wildman–Crippen LogP) is 3.39. The Labute approximate surface area is 133 Å². The summed E-state index contributed by atoms with van der Waals surface area (Å²) in [5.41, 5.74) is 1.95. The number of likely N-dealkylation sites (N-methyl/N-ethyl adjacent to an activating group) is 1. The first-order valence-electron chi connectivity index (χ1n) is 6.59. The molecule has 0 bridgehead atoms. The first kappa shape index (κ1) is 15.1. The molecule has 20 heavy (non-hydrogen) atoms. The summed E-state index contributed by atoms with van der Waals surface area (Å²) in [4.78, 5) is 18.4. The van der Waals surface area contributed by atoms with Gasteiger partial charge in [0.05, 0.1) is 6.54 Å². The SMILES string of the molecule is CCN(CC(=O)c1ccc(I)cc1)Cc1ccncc1. The molecule has 0 spiro atoms. The first-order chi connectivity index (χ1) is 9.69. The third-order valence-electron chi connectivity index (χ3n) is 3.14. The third kappa shape index (κ3) is 4.38. The van der Waals surface area contributed by atoms with Crippen molar-refractivity contribution in [2.24, 2.45) is 0 Å². The van der Waals surface area contributed by atoms with Crippen LogP contribution in [0.3, 0.4) is 0 Å². The van der Waals surface area contributed by atoms with Crippen LogP contribution in [-0.4, -0.2) is 28.8 Å². The highest BCUT2D eigenvalue weighted by Gasteiger charge is 2.11. The van der Waals surface area contributed by atoms with Crippen molar-refractivity contribution in [2.45, 2.75) is 13.5 Å². The van der Waals surface area contributed by atoms with Gasteiger partial charge in [-0.25, -0.2) is 0 Å². The second-order valence-corrected chi connectivity index (χ2v) is 5.83. The van der Waals surface area contributed by atoms with Crippen LogP contribution in [-0.2, 0) is 6.54 Å². The van der Waals surface area contributed by atoms with Gasteiger partial charge in [0.25, 0.3) is 0 Å². The minimum Gasteiger partial charge on any atom is -0.293 e. The molecule has 1 heterocycles. The lowest BCUT2D eigenvalue weighted by molar-refractivity contribution is 0.0929. The Morgan fingerprint density at radius 1 is 1.15 bits per heavy atom. The molecule has 0 aliphatic rings. The molecule has 3 nitrogen and oxygen atoms in total. The van der Waals surface area contributed by atoms with Gasteiger partial charge < -0.3 is 0 Å². The topological polar surface area (TPSA) is 33.2 Å². The maximum Gasteiger partial charge on any atom is 0.176 e. The van der Waals surface area contributed by atoms with Crippen molar-refractivity contribution < 1.29 is 4.79 Å². The third-order valence-corrected chi connectivity index (χ3v) is 3.86. The Balaban J connectivity index is 1.99. The second-order valence-electron chi connectivity index (χ2n) is 4.59. The summed E-state index contributed by atoms with van der Waals surface area (Å²) < 4.78 is 1.14. The average Bonchev–Trinajstić information content (AvgIpc) is 2.48. The molecule has 1 aromatic carbocycles.